The molecule has 1 amide bonds. The molecule has 8 nitrogen and oxygen atoms in total. The van der Waals surface area contributed by atoms with Crippen molar-refractivity contribution < 1.29 is 35.2 Å². The Bertz CT molecular complexity index is 1590. The number of nitrogens with one attached hydrogen (secondary N) is 2. The van der Waals surface area contributed by atoms with Gasteiger partial charge in [-0.25, -0.2) is 17.2 Å². The van der Waals surface area contributed by atoms with Crippen LogP contribution in [0.4, 0.5) is 27.6 Å². The predicted molar refractivity (Wildman–Crippen MR) is 154 cm³/mol. The number of halogens is 5. The lowest BCUT2D eigenvalue weighted by Gasteiger charge is -2.37. The lowest BCUT2D eigenvalue weighted by atomic mass is 9.87. The Balaban J connectivity index is 1.37. The molecule has 1 aromatic heterocycles. The van der Waals surface area contributed by atoms with E-state index in [1.807, 2.05) is 0 Å². The van der Waals surface area contributed by atoms with Gasteiger partial charge in [-0.1, -0.05) is 18.2 Å². The quantitative estimate of drug-likeness (QED) is 0.319. The second-order valence-electron chi connectivity index (χ2n) is 11.1. The van der Waals surface area contributed by atoms with Crippen LogP contribution in [-0.4, -0.2) is 60.6 Å². The molecule has 4 N–H and O–H groups in total. The molecule has 44 heavy (non-hydrogen) atoms. The summed E-state index contributed by atoms with van der Waals surface area (Å²) >= 11 is 0. The third-order valence-corrected chi connectivity index (χ3v) is 10.2. The number of pyridine rings is 1. The van der Waals surface area contributed by atoms with Gasteiger partial charge in [0.25, 0.3) is 0 Å². The molecule has 236 valence electrons. The number of aromatic nitrogens is 1. The molecular weight excluding hydrogens is 605 g/mol. The number of piperazine rings is 1. The first-order valence-electron chi connectivity index (χ1n) is 14.2. The summed E-state index contributed by atoms with van der Waals surface area (Å²) < 4.78 is 95.4. The van der Waals surface area contributed by atoms with Crippen molar-refractivity contribution in [1.82, 2.24) is 14.6 Å². The fraction of sp³-hybridized carbons (Fsp3) is 0.400. The highest BCUT2D eigenvalue weighted by Gasteiger charge is 2.38. The van der Waals surface area contributed by atoms with Gasteiger partial charge in [-0.15, -0.1) is 0 Å². The minimum absolute atomic E-state index is 0.0495. The Morgan fingerprint density at radius 1 is 1.11 bits per heavy atom. The van der Waals surface area contributed by atoms with E-state index in [0.29, 0.717) is 37.7 Å². The fourth-order valence-electron chi connectivity index (χ4n) is 5.84. The molecule has 5 atom stereocenters. The van der Waals surface area contributed by atoms with Gasteiger partial charge in [0, 0.05) is 48.3 Å². The highest BCUT2D eigenvalue weighted by molar-refractivity contribution is 7.89. The van der Waals surface area contributed by atoms with Crippen molar-refractivity contribution in [3.63, 3.8) is 0 Å². The van der Waals surface area contributed by atoms with Crippen LogP contribution in [0, 0.1) is 11.6 Å². The number of carbonyl (C=O) groups is 1. The van der Waals surface area contributed by atoms with Crippen molar-refractivity contribution in [3.8, 4) is 0 Å². The third-order valence-electron chi connectivity index (χ3n) is 8.19. The highest BCUT2D eigenvalue weighted by Crippen LogP contribution is 2.32. The smallest absolute Gasteiger partial charge is 0.324 e. The van der Waals surface area contributed by atoms with Crippen LogP contribution in [0.5, 0.6) is 0 Å². The summed E-state index contributed by atoms with van der Waals surface area (Å²) in [6.45, 7) is 0.774. The number of amides is 1. The number of nitrogens with two attached hydrogens (primary N) is 1. The van der Waals surface area contributed by atoms with Gasteiger partial charge < -0.3 is 16.4 Å². The number of sulfonamides is 1. The van der Waals surface area contributed by atoms with Gasteiger partial charge in [0.1, 0.15) is 11.6 Å². The molecule has 3 heterocycles. The van der Waals surface area contributed by atoms with Crippen LogP contribution in [0.2, 0.25) is 0 Å². The molecule has 0 saturated carbocycles. The van der Waals surface area contributed by atoms with E-state index in [4.69, 9.17) is 5.73 Å². The first kappa shape index (κ1) is 31.9. The summed E-state index contributed by atoms with van der Waals surface area (Å²) in [5, 5.41) is 6.01. The van der Waals surface area contributed by atoms with Gasteiger partial charge in [-0.2, -0.15) is 17.5 Å². The lowest BCUT2D eigenvalue weighted by Crippen LogP contribution is -2.57. The molecule has 5 rings (SSSR count). The van der Waals surface area contributed by atoms with Crippen molar-refractivity contribution in [2.75, 3.05) is 24.2 Å². The van der Waals surface area contributed by atoms with E-state index in [1.165, 1.54) is 34.6 Å². The van der Waals surface area contributed by atoms with Gasteiger partial charge in [-0.3, -0.25) is 9.78 Å². The van der Waals surface area contributed by atoms with Crippen molar-refractivity contribution in [2.24, 2.45) is 5.73 Å². The maximum atomic E-state index is 15.1. The van der Waals surface area contributed by atoms with E-state index in [2.05, 4.69) is 15.6 Å². The second-order valence-corrected chi connectivity index (χ2v) is 13.1. The van der Waals surface area contributed by atoms with Crippen molar-refractivity contribution >= 4 is 21.6 Å². The van der Waals surface area contributed by atoms with Crippen LogP contribution in [0.15, 0.2) is 60.8 Å². The molecule has 2 aliphatic rings. The maximum Gasteiger partial charge on any atom is 0.417 e. The van der Waals surface area contributed by atoms with E-state index in [-0.39, 0.29) is 35.2 Å². The highest BCUT2D eigenvalue weighted by atomic mass is 32.2. The zero-order valence-corrected chi connectivity index (χ0v) is 24.3. The number of anilines is 1. The molecule has 2 aliphatic heterocycles. The van der Waals surface area contributed by atoms with Gasteiger partial charge in [0.05, 0.1) is 23.3 Å². The molecule has 0 aliphatic carbocycles. The summed E-state index contributed by atoms with van der Waals surface area (Å²) in [5.74, 6) is -2.94. The lowest BCUT2D eigenvalue weighted by molar-refractivity contribution is -0.137. The molecule has 0 radical (unpaired) electrons. The molecule has 14 heteroatoms. The molecule has 2 unspecified atom stereocenters. The maximum absolute atomic E-state index is 15.1. The Hall–Kier alpha value is -3.46. The van der Waals surface area contributed by atoms with Gasteiger partial charge in [0.2, 0.25) is 15.9 Å². The van der Waals surface area contributed by atoms with Crippen LogP contribution < -0.4 is 16.4 Å². The monoisotopic (exact) mass is 637 g/mol. The number of rotatable bonds is 8. The SMILES string of the molecule is N[C@H](C(=O)Nc1cccc(F)c1CC[C@H]1CN[C@@H]2CCCS(=O)(=O)N1C2)C(c1ccc(F)cc1)c1ccc(C(F)(F)F)cn1. The van der Waals surface area contributed by atoms with E-state index < -0.39 is 57.3 Å². The number of fused-ring (bicyclic) bond motifs is 2. The number of benzene rings is 2. The number of alkyl halides is 3. The van der Waals surface area contributed by atoms with Crippen molar-refractivity contribution in [2.45, 2.75) is 55.9 Å². The summed E-state index contributed by atoms with van der Waals surface area (Å²) in [5.41, 5.74) is 6.06. The Morgan fingerprint density at radius 2 is 1.86 bits per heavy atom. The first-order chi connectivity index (χ1) is 20.8. The van der Waals surface area contributed by atoms with Crippen LogP contribution in [0.25, 0.3) is 0 Å². The predicted octanol–water partition coefficient (Wildman–Crippen LogP) is 4.18. The number of carbonyl (C=O) groups excluding carboxylic acids is 1. The Labute approximate surface area is 251 Å². The van der Waals surface area contributed by atoms with Gasteiger partial charge in [0.15, 0.2) is 0 Å². The summed E-state index contributed by atoms with van der Waals surface area (Å²) in [6, 6.07) is 9.31. The molecule has 2 fully saturated rings. The standard InChI is InChI=1S/C30H32F5N5O3S/c31-20-9-6-18(7-10-20)27(26-13-8-19(15-38-26)30(33,34)35)28(36)29(41)39-25-5-1-4-24(32)23(25)12-11-22-16-37-21-3-2-14-44(42,43)40(22)17-21/h1,4-10,13,15,21-22,27-28,37H,2-3,11-12,14,16-17,36H2,(H,39,41)/t21-,22+,27?,28+/m1/s1. The minimum atomic E-state index is -4.63. The van der Waals surface area contributed by atoms with Crippen molar-refractivity contribution in [1.29, 1.82) is 0 Å². The van der Waals surface area contributed by atoms with E-state index in [1.54, 1.807) is 0 Å². The fourth-order valence-corrected chi connectivity index (χ4v) is 7.65. The zero-order valence-electron chi connectivity index (χ0n) is 23.5. The van der Waals surface area contributed by atoms with Crippen LogP contribution in [0.3, 0.4) is 0 Å². The van der Waals surface area contributed by atoms with Crippen LogP contribution >= 0.6 is 0 Å². The topological polar surface area (TPSA) is 117 Å². The summed E-state index contributed by atoms with van der Waals surface area (Å²) in [7, 11) is -3.45. The molecule has 0 spiro atoms. The third kappa shape index (κ3) is 7.09. The Kier molecular flexibility index (Phi) is 9.35. The van der Waals surface area contributed by atoms with E-state index >= 15 is 4.39 Å². The second kappa shape index (κ2) is 12.9. The summed E-state index contributed by atoms with van der Waals surface area (Å²) in [6.07, 6.45) is -2.27. The van der Waals surface area contributed by atoms with Gasteiger partial charge >= 0.3 is 6.18 Å². The molecule has 2 bridgehead atoms. The van der Waals surface area contributed by atoms with E-state index in [0.717, 1.165) is 30.7 Å². The number of hydrogen-bond donors (Lipinski definition) is 3. The average Bonchev–Trinajstić information content (AvgIpc) is 3.09. The first-order valence-corrected chi connectivity index (χ1v) is 15.8. The minimum Gasteiger partial charge on any atom is -0.324 e. The molecule has 2 aromatic carbocycles. The summed E-state index contributed by atoms with van der Waals surface area (Å²) in [4.78, 5) is 17.4. The number of hydrogen-bond acceptors (Lipinski definition) is 6. The van der Waals surface area contributed by atoms with Crippen LogP contribution in [0.1, 0.15) is 47.6 Å². The normalized spacial score (nSPS) is 22.9. The van der Waals surface area contributed by atoms with Crippen molar-refractivity contribution in [3.05, 3.63) is 94.8 Å². The van der Waals surface area contributed by atoms with E-state index in [9.17, 15) is 30.8 Å². The number of nitrogens with zero attached hydrogens (tertiary/aromatic N) is 2. The largest absolute Gasteiger partial charge is 0.417 e. The van der Waals surface area contributed by atoms with Crippen LogP contribution in [-0.2, 0) is 27.4 Å². The zero-order chi connectivity index (χ0) is 31.6. The molecule has 3 aromatic rings. The average molecular weight is 638 g/mol. The molecular formula is C30H32F5N5O3S. The Morgan fingerprint density at radius 3 is 2.55 bits per heavy atom. The van der Waals surface area contributed by atoms with Gasteiger partial charge in [-0.05, 0) is 67.6 Å². The molecule has 2 saturated heterocycles.